The number of rotatable bonds is 3. The Labute approximate surface area is 157 Å². The van der Waals surface area contributed by atoms with Crippen molar-refractivity contribution in [1.82, 2.24) is 4.98 Å². The summed E-state index contributed by atoms with van der Waals surface area (Å²) in [6.07, 6.45) is 0.435. The number of halogens is 3. The Hall–Kier alpha value is -2.42. The number of oxime groups is 1. The molecule has 1 atom stereocenters. The molecular formula is C18H15F3N2O3S. The first-order chi connectivity index (χ1) is 12.9. The number of pyridine rings is 1. The standard InChI is InChI=1S/C18H15F3N2O3S/c1-27-16-5-3-13(10-22-16)24-15-9-17(26-23-15)7-6-11-8-12(2-4-14(11)17)25-18(19,20)21/h2-5,8,10H,6-7,9H2,1H3/t17-/m0/s1. The first-order valence-corrected chi connectivity index (χ1v) is 9.41. The van der Waals surface area contributed by atoms with Crippen LogP contribution in [0.5, 0.6) is 11.5 Å². The van der Waals surface area contributed by atoms with Crippen molar-refractivity contribution in [2.24, 2.45) is 5.16 Å². The fourth-order valence-corrected chi connectivity index (χ4v) is 3.72. The van der Waals surface area contributed by atoms with Crippen LogP contribution >= 0.6 is 11.8 Å². The van der Waals surface area contributed by atoms with Gasteiger partial charge in [0, 0.05) is 5.56 Å². The second kappa shape index (κ2) is 6.63. The highest BCUT2D eigenvalue weighted by Crippen LogP contribution is 2.47. The van der Waals surface area contributed by atoms with E-state index in [2.05, 4.69) is 14.9 Å². The largest absolute Gasteiger partial charge is 0.573 e. The zero-order valence-electron chi connectivity index (χ0n) is 14.2. The minimum Gasteiger partial charge on any atom is -0.438 e. The highest BCUT2D eigenvalue weighted by Gasteiger charge is 2.47. The molecule has 9 heteroatoms. The molecule has 1 aromatic carbocycles. The molecule has 2 aliphatic rings. The van der Waals surface area contributed by atoms with Gasteiger partial charge >= 0.3 is 6.36 Å². The zero-order chi connectivity index (χ0) is 19.1. The van der Waals surface area contributed by atoms with Crippen LogP contribution in [-0.2, 0) is 16.9 Å². The molecule has 1 spiro atoms. The molecule has 5 nitrogen and oxygen atoms in total. The van der Waals surface area contributed by atoms with E-state index in [9.17, 15) is 13.2 Å². The number of hydrogen-bond acceptors (Lipinski definition) is 6. The molecule has 0 amide bonds. The third kappa shape index (κ3) is 3.69. The molecule has 2 aromatic rings. The summed E-state index contributed by atoms with van der Waals surface area (Å²) in [5.74, 6) is 0.741. The summed E-state index contributed by atoms with van der Waals surface area (Å²) in [6, 6.07) is 7.96. The van der Waals surface area contributed by atoms with E-state index in [1.807, 2.05) is 12.3 Å². The molecule has 4 rings (SSSR count). The molecule has 0 N–H and O–H groups in total. The average molecular weight is 396 g/mol. The lowest BCUT2D eigenvalue weighted by Crippen LogP contribution is -2.24. The maximum atomic E-state index is 12.4. The van der Waals surface area contributed by atoms with Crippen LogP contribution in [-0.4, -0.2) is 23.5 Å². The Morgan fingerprint density at radius 2 is 2.00 bits per heavy atom. The number of nitrogens with zero attached hydrogens (tertiary/aromatic N) is 2. The van der Waals surface area contributed by atoms with Crippen molar-refractivity contribution in [3.63, 3.8) is 0 Å². The maximum absolute atomic E-state index is 12.4. The number of aromatic nitrogens is 1. The van der Waals surface area contributed by atoms with Crippen molar-refractivity contribution in [3.8, 4) is 11.5 Å². The SMILES string of the molecule is CSc1ccc(OC2=NO[C@@]3(CCc4cc(OC(F)(F)F)ccc43)C2)cn1. The van der Waals surface area contributed by atoms with E-state index in [0.717, 1.165) is 16.2 Å². The lowest BCUT2D eigenvalue weighted by Gasteiger charge is -2.21. The Morgan fingerprint density at radius 1 is 1.19 bits per heavy atom. The summed E-state index contributed by atoms with van der Waals surface area (Å²) in [7, 11) is 0. The van der Waals surface area contributed by atoms with Gasteiger partial charge in [0.2, 0.25) is 5.90 Å². The van der Waals surface area contributed by atoms with Gasteiger partial charge < -0.3 is 14.3 Å². The summed E-state index contributed by atoms with van der Waals surface area (Å²) >= 11 is 1.53. The van der Waals surface area contributed by atoms with Gasteiger partial charge in [-0.1, -0.05) is 11.2 Å². The molecular weight excluding hydrogens is 381 g/mol. The van der Waals surface area contributed by atoms with Crippen LogP contribution in [0.25, 0.3) is 0 Å². The Kier molecular flexibility index (Phi) is 4.41. The molecule has 27 heavy (non-hydrogen) atoms. The van der Waals surface area contributed by atoms with Gasteiger partial charge in [-0.05, 0) is 48.9 Å². The van der Waals surface area contributed by atoms with Crippen LogP contribution in [0.1, 0.15) is 24.0 Å². The van der Waals surface area contributed by atoms with Crippen LogP contribution in [0, 0.1) is 0 Å². The van der Waals surface area contributed by atoms with E-state index < -0.39 is 12.0 Å². The van der Waals surface area contributed by atoms with Crippen LogP contribution < -0.4 is 9.47 Å². The second-order valence-corrected chi connectivity index (χ2v) is 7.08. The van der Waals surface area contributed by atoms with Gasteiger partial charge in [0.25, 0.3) is 0 Å². The van der Waals surface area contributed by atoms with E-state index in [1.165, 1.54) is 23.9 Å². The number of benzene rings is 1. The van der Waals surface area contributed by atoms with Crippen molar-refractivity contribution in [2.45, 2.75) is 36.3 Å². The van der Waals surface area contributed by atoms with Gasteiger partial charge in [0.05, 0.1) is 17.6 Å². The molecule has 1 aromatic heterocycles. The lowest BCUT2D eigenvalue weighted by atomic mass is 9.92. The van der Waals surface area contributed by atoms with Crippen molar-refractivity contribution in [3.05, 3.63) is 47.7 Å². The average Bonchev–Trinajstić information content (AvgIpc) is 3.19. The summed E-state index contributed by atoms with van der Waals surface area (Å²) in [5.41, 5.74) is 0.878. The van der Waals surface area contributed by atoms with E-state index in [4.69, 9.17) is 9.57 Å². The minimum atomic E-state index is -4.71. The molecule has 0 bridgehead atoms. The summed E-state index contributed by atoms with van der Waals surface area (Å²) in [5, 5.41) is 4.92. The summed E-state index contributed by atoms with van der Waals surface area (Å²) in [6.45, 7) is 0. The Balaban J connectivity index is 1.48. The smallest absolute Gasteiger partial charge is 0.438 e. The number of hydrogen-bond donors (Lipinski definition) is 0. The lowest BCUT2D eigenvalue weighted by molar-refractivity contribution is -0.274. The molecule has 142 valence electrons. The Morgan fingerprint density at radius 3 is 2.70 bits per heavy atom. The highest BCUT2D eigenvalue weighted by molar-refractivity contribution is 7.98. The van der Waals surface area contributed by atoms with E-state index in [0.29, 0.717) is 30.9 Å². The number of aryl methyl sites for hydroxylation is 1. The monoisotopic (exact) mass is 396 g/mol. The van der Waals surface area contributed by atoms with Crippen LogP contribution in [0.4, 0.5) is 13.2 Å². The van der Waals surface area contributed by atoms with E-state index in [1.54, 1.807) is 18.3 Å². The van der Waals surface area contributed by atoms with Crippen molar-refractivity contribution >= 4 is 17.7 Å². The molecule has 0 saturated carbocycles. The molecule has 1 aliphatic carbocycles. The summed E-state index contributed by atoms with van der Waals surface area (Å²) in [4.78, 5) is 9.91. The predicted molar refractivity (Wildman–Crippen MR) is 92.9 cm³/mol. The van der Waals surface area contributed by atoms with Gasteiger partial charge in [0.15, 0.2) is 5.60 Å². The first-order valence-electron chi connectivity index (χ1n) is 8.19. The molecule has 0 radical (unpaired) electrons. The quantitative estimate of drug-likeness (QED) is 0.707. The van der Waals surface area contributed by atoms with Crippen molar-refractivity contribution in [1.29, 1.82) is 0 Å². The fourth-order valence-electron chi connectivity index (χ4n) is 3.35. The molecule has 0 unspecified atom stereocenters. The van der Waals surface area contributed by atoms with Gasteiger partial charge in [-0.3, -0.25) is 0 Å². The van der Waals surface area contributed by atoms with Crippen LogP contribution in [0.15, 0.2) is 46.7 Å². The van der Waals surface area contributed by atoms with Crippen molar-refractivity contribution in [2.75, 3.05) is 6.26 Å². The number of thioether (sulfide) groups is 1. The van der Waals surface area contributed by atoms with Gasteiger partial charge in [0.1, 0.15) is 11.5 Å². The third-order valence-corrected chi connectivity index (χ3v) is 5.17. The number of alkyl halides is 3. The molecule has 2 heterocycles. The van der Waals surface area contributed by atoms with Crippen molar-refractivity contribution < 1.29 is 27.5 Å². The fraction of sp³-hybridized carbons (Fsp3) is 0.333. The number of ether oxygens (including phenoxy) is 2. The van der Waals surface area contributed by atoms with E-state index in [-0.39, 0.29) is 5.75 Å². The van der Waals surface area contributed by atoms with E-state index >= 15 is 0 Å². The third-order valence-electron chi connectivity index (χ3n) is 4.51. The van der Waals surface area contributed by atoms with Gasteiger partial charge in [-0.15, -0.1) is 24.9 Å². The van der Waals surface area contributed by atoms with Crippen LogP contribution in [0.3, 0.4) is 0 Å². The molecule has 0 fully saturated rings. The molecule has 1 aliphatic heterocycles. The number of fused-ring (bicyclic) bond motifs is 2. The van der Waals surface area contributed by atoms with Crippen LogP contribution in [0.2, 0.25) is 0 Å². The normalized spacial score (nSPS) is 21.0. The second-order valence-electron chi connectivity index (χ2n) is 6.25. The predicted octanol–water partition coefficient (Wildman–Crippen LogP) is 4.66. The first kappa shape index (κ1) is 18.0. The minimum absolute atomic E-state index is 0.228. The molecule has 0 saturated heterocycles. The van der Waals surface area contributed by atoms with Gasteiger partial charge in [-0.2, -0.15) is 0 Å². The zero-order valence-corrected chi connectivity index (χ0v) is 15.1. The Bertz CT molecular complexity index is 886. The topological polar surface area (TPSA) is 52.9 Å². The summed E-state index contributed by atoms with van der Waals surface area (Å²) < 4.78 is 47.0. The maximum Gasteiger partial charge on any atom is 0.573 e. The van der Waals surface area contributed by atoms with Gasteiger partial charge in [-0.25, -0.2) is 4.98 Å². The highest BCUT2D eigenvalue weighted by atomic mass is 32.2.